The number of benzene rings is 2. The van der Waals surface area contributed by atoms with Crippen molar-refractivity contribution in [3.8, 4) is 23.0 Å². The van der Waals surface area contributed by atoms with Crippen molar-refractivity contribution in [3.63, 3.8) is 0 Å². The predicted octanol–water partition coefficient (Wildman–Crippen LogP) is 4.43. The first-order valence-corrected chi connectivity index (χ1v) is 8.68. The monoisotopic (exact) mass is 376 g/mol. The van der Waals surface area contributed by atoms with Gasteiger partial charge in [-0.25, -0.2) is 0 Å². The first kappa shape index (κ1) is 17.6. The fourth-order valence-corrected chi connectivity index (χ4v) is 3.44. The van der Waals surface area contributed by atoms with Gasteiger partial charge in [-0.2, -0.15) is 8.78 Å². The normalized spacial score (nSPS) is 21.9. The number of hydrogen-bond donors (Lipinski definition) is 0. The maximum atomic E-state index is 12.6. The molecule has 0 amide bonds. The molecule has 0 spiro atoms. The lowest BCUT2D eigenvalue weighted by atomic mass is 10.1. The average molecular weight is 376 g/mol. The molecule has 0 saturated heterocycles. The third kappa shape index (κ3) is 3.29. The fourth-order valence-electron chi connectivity index (χ4n) is 3.44. The zero-order valence-corrected chi connectivity index (χ0v) is 14.8. The van der Waals surface area contributed by atoms with Crippen LogP contribution in [0, 0.1) is 12.8 Å². The summed E-state index contributed by atoms with van der Waals surface area (Å²) >= 11 is 0. The Bertz CT molecular complexity index is 883. The lowest BCUT2D eigenvalue weighted by molar-refractivity contribution is -0.145. The summed E-state index contributed by atoms with van der Waals surface area (Å²) < 4.78 is 46.4. The fraction of sp³-hybridized carbons (Fsp3) is 0.350. The van der Waals surface area contributed by atoms with E-state index in [-0.39, 0.29) is 35.4 Å². The summed E-state index contributed by atoms with van der Waals surface area (Å²) in [5.41, 5.74) is 1.71. The van der Waals surface area contributed by atoms with Gasteiger partial charge in [0.1, 0.15) is 23.5 Å². The highest BCUT2D eigenvalue weighted by molar-refractivity contribution is 5.80. The van der Waals surface area contributed by atoms with E-state index in [2.05, 4.69) is 4.74 Å². The standard InChI is InChI=1S/C20H18F2O5/c1-3-24-19(23)17-16-12-6-5-11(9-14(12)26-18(16)17)25-13-7-4-10(2)8-15(13)27-20(21)22/h4-9,16-18,20H,3H2,1-2H3/t16-,17-,18-/m1/s1. The second-order valence-electron chi connectivity index (χ2n) is 6.52. The molecule has 1 heterocycles. The van der Waals surface area contributed by atoms with E-state index in [9.17, 15) is 13.6 Å². The summed E-state index contributed by atoms with van der Waals surface area (Å²) in [7, 11) is 0. The Morgan fingerprint density at radius 1 is 1.19 bits per heavy atom. The molecule has 0 bridgehead atoms. The first-order chi connectivity index (χ1) is 13.0. The molecule has 0 unspecified atom stereocenters. The van der Waals surface area contributed by atoms with Crippen molar-refractivity contribution in [1.82, 2.24) is 0 Å². The molecule has 2 aliphatic rings. The summed E-state index contributed by atoms with van der Waals surface area (Å²) in [4.78, 5) is 11.9. The van der Waals surface area contributed by atoms with Gasteiger partial charge in [0, 0.05) is 17.5 Å². The predicted molar refractivity (Wildman–Crippen MR) is 91.6 cm³/mol. The number of hydrogen-bond acceptors (Lipinski definition) is 5. The molecule has 5 nitrogen and oxygen atoms in total. The number of carbonyl (C=O) groups excluding carboxylic acids is 1. The molecule has 0 N–H and O–H groups in total. The molecule has 4 rings (SSSR count). The first-order valence-electron chi connectivity index (χ1n) is 8.68. The molecule has 1 aliphatic heterocycles. The van der Waals surface area contributed by atoms with E-state index >= 15 is 0 Å². The summed E-state index contributed by atoms with van der Waals surface area (Å²) in [5.74, 6) is 0.728. The van der Waals surface area contributed by atoms with Crippen molar-refractivity contribution in [2.45, 2.75) is 32.5 Å². The lowest BCUT2D eigenvalue weighted by Crippen LogP contribution is -2.13. The van der Waals surface area contributed by atoms with Crippen molar-refractivity contribution >= 4 is 5.97 Å². The van der Waals surface area contributed by atoms with Crippen molar-refractivity contribution in [2.75, 3.05) is 6.61 Å². The third-order valence-corrected chi connectivity index (χ3v) is 4.66. The number of rotatable bonds is 6. The topological polar surface area (TPSA) is 54.0 Å². The Kier molecular flexibility index (Phi) is 4.37. The Morgan fingerprint density at radius 2 is 2.00 bits per heavy atom. The number of fused-ring (bicyclic) bond motifs is 3. The molecular formula is C20H18F2O5. The Balaban J connectivity index is 1.52. The van der Waals surface area contributed by atoms with Crippen LogP contribution in [-0.2, 0) is 9.53 Å². The van der Waals surface area contributed by atoms with Crippen LogP contribution in [-0.4, -0.2) is 25.3 Å². The molecule has 1 aliphatic carbocycles. The highest BCUT2D eigenvalue weighted by Gasteiger charge is 2.63. The molecule has 2 aromatic carbocycles. The minimum atomic E-state index is -2.94. The van der Waals surface area contributed by atoms with E-state index in [4.69, 9.17) is 14.2 Å². The van der Waals surface area contributed by atoms with Crippen LogP contribution in [0.15, 0.2) is 36.4 Å². The van der Waals surface area contributed by atoms with Gasteiger partial charge < -0.3 is 18.9 Å². The van der Waals surface area contributed by atoms with Crippen LogP contribution in [0.4, 0.5) is 8.78 Å². The van der Waals surface area contributed by atoms with Gasteiger partial charge in [-0.3, -0.25) is 4.79 Å². The zero-order valence-electron chi connectivity index (χ0n) is 14.8. The van der Waals surface area contributed by atoms with Gasteiger partial charge in [0.05, 0.1) is 6.61 Å². The number of aryl methyl sites for hydroxylation is 1. The smallest absolute Gasteiger partial charge is 0.387 e. The largest absolute Gasteiger partial charge is 0.488 e. The summed E-state index contributed by atoms with van der Waals surface area (Å²) in [5, 5.41) is 0. The van der Waals surface area contributed by atoms with Gasteiger partial charge in [0.2, 0.25) is 0 Å². The Hall–Kier alpha value is -2.83. The molecule has 1 saturated carbocycles. The van der Waals surface area contributed by atoms with Gasteiger partial charge in [0.25, 0.3) is 0 Å². The van der Waals surface area contributed by atoms with E-state index in [0.717, 1.165) is 11.1 Å². The molecule has 1 fully saturated rings. The van der Waals surface area contributed by atoms with Gasteiger partial charge in [-0.1, -0.05) is 12.1 Å². The van der Waals surface area contributed by atoms with E-state index in [1.807, 2.05) is 6.07 Å². The van der Waals surface area contributed by atoms with E-state index in [1.54, 1.807) is 38.1 Å². The Labute approximate surface area is 154 Å². The highest BCUT2D eigenvalue weighted by atomic mass is 19.3. The van der Waals surface area contributed by atoms with Crippen molar-refractivity contribution < 1.29 is 32.5 Å². The van der Waals surface area contributed by atoms with Crippen LogP contribution in [0.3, 0.4) is 0 Å². The van der Waals surface area contributed by atoms with Crippen molar-refractivity contribution in [3.05, 3.63) is 47.5 Å². The number of carbonyl (C=O) groups is 1. The second-order valence-corrected chi connectivity index (χ2v) is 6.52. The quantitative estimate of drug-likeness (QED) is 0.699. The number of ether oxygens (including phenoxy) is 4. The molecule has 0 aromatic heterocycles. The van der Waals surface area contributed by atoms with Crippen molar-refractivity contribution in [1.29, 1.82) is 0 Å². The van der Waals surface area contributed by atoms with Crippen LogP contribution in [0.5, 0.6) is 23.0 Å². The van der Waals surface area contributed by atoms with Crippen LogP contribution >= 0.6 is 0 Å². The summed E-state index contributed by atoms with van der Waals surface area (Å²) in [6, 6.07) is 10.1. The average Bonchev–Trinajstić information content (AvgIpc) is 3.19. The van der Waals surface area contributed by atoms with Crippen LogP contribution in [0.2, 0.25) is 0 Å². The van der Waals surface area contributed by atoms with Gasteiger partial charge in [-0.15, -0.1) is 0 Å². The maximum absolute atomic E-state index is 12.6. The van der Waals surface area contributed by atoms with Crippen LogP contribution < -0.4 is 14.2 Å². The van der Waals surface area contributed by atoms with Gasteiger partial charge >= 0.3 is 12.6 Å². The molecule has 27 heavy (non-hydrogen) atoms. The van der Waals surface area contributed by atoms with Crippen LogP contribution in [0.25, 0.3) is 0 Å². The highest BCUT2D eigenvalue weighted by Crippen LogP contribution is 2.59. The minimum absolute atomic E-state index is 0.00482. The molecule has 2 aromatic rings. The molecule has 3 atom stereocenters. The van der Waals surface area contributed by atoms with Gasteiger partial charge in [0.15, 0.2) is 11.5 Å². The van der Waals surface area contributed by atoms with E-state index in [1.165, 1.54) is 6.07 Å². The molecule has 0 radical (unpaired) electrons. The SMILES string of the molecule is CCOC(=O)[C@H]1[C@@H]2Oc3cc(Oc4ccc(C)cc4OC(F)F)ccc3[C@@H]21. The second kappa shape index (κ2) is 6.72. The number of esters is 1. The lowest BCUT2D eigenvalue weighted by Gasteiger charge is -2.14. The van der Waals surface area contributed by atoms with E-state index in [0.29, 0.717) is 18.1 Å². The summed E-state index contributed by atoms with van der Waals surface area (Å²) in [6.07, 6.45) is -0.202. The molecule has 7 heteroatoms. The minimum Gasteiger partial charge on any atom is -0.488 e. The van der Waals surface area contributed by atoms with Crippen molar-refractivity contribution in [2.24, 2.45) is 5.92 Å². The number of halogens is 2. The van der Waals surface area contributed by atoms with E-state index < -0.39 is 6.61 Å². The van der Waals surface area contributed by atoms with Crippen LogP contribution in [0.1, 0.15) is 24.0 Å². The van der Waals surface area contributed by atoms with Gasteiger partial charge in [-0.05, 0) is 37.6 Å². The molecular weight excluding hydrogens is 358 g/mol. The zero-order chi connectivity index (χ0) is 19.1. The number of alkyl halides is 2. The maximum Gasteiger partial charge on any atom is 0.387 e. The summed E-state index contributed by atoms with van der Waals surface area (Å²) in [6.45, 7) is 0.946. The third-order valence-electron chi connectivity index (χ3n) is 4.66. The Morgan fingerprint density at radius 3 is 2.74 bits per heavy atom. The molecule has 142 valence electrons.